The van der Waals surface area contributed by atoms with Crippen LogP contribution in [0, 0.1) is 5.92 Å². The van der Waals surface area contributed by atoms with Crippen LogP contribution in [0.25, 0.3) is 0 Å². The molecule has 4 heteroatoms. The Morgan fingerprint density at radius 2 is 2.06 bits per heavy atom. The van der Waals surface area contributed by atoms with E-state index in [4.69, 9.17) is 10.5 Å². The molecular weight excluding hydrogens is 228 g/mol. The summed E-state index contributed by atoms with van der Waals surface area (Å²) in [5.41, 5.74) is 7.28. The van der Waals surface area contributed by atoms with E-state index < -0.39 is 0 Å². The molecule has 0 saturated heterocycles. The van der Waals surface area contributed by atoms with Gasteiger partial charge >= 0.3 is 6.09 Å². The van der Waals surface area contributed by atoms with Gasteiger partial charge in [0.25, 0.3) is 0 Å². The maximum Gasteiger partial charge on any atom is 0.411 e. The molecule has 4 nitrogen and oxygen atoms in total. The van der Waals surface area contributed by atoms with Gasteiger partial charge in [0.2, 0.25) is 0 Å². The van der Waals surface area contributed by atoms with Crippen molar-refractivity contribution in [3.8, 4) is 0 Å². The summed E-state index contributed by atoms with van der Waals surface area (Å²) in [6.07, 6.45) is 4.50. The van der Waals surface area contributed by atoms with Gasteiger partial charge in [-0.25, -0.2) is 4.79 Å². The number of carbonyl (C=O) groups is 1. The van der Waals surface area contributed by atoms with Gasteiger partial charge < -0.3 is 10.5 Å². The molecule has 1 saturated carbocycles. The molecule has 1 amide bonds. The third kappa shape index (κ3) is 3.74. The lowest BCUT2D eigenvalue weighted by atomic mass is 9.83. The highest BCUT2D eigenvalue weighted by molar-refractivity contribution is 5.84. The van der Waals surface area contributed by atoms with Crippen molar-refractivity contribution in [2.75, 3.05) is 11.9 Å². The van der Waals surface area contributed by atoms with Gasteiger partial charge in [0.1, 0.15) is 0 Å². The zero-order valence-corrected chi connectivity index (χ0v) is 10.5. The molecule has 1 aliphatic carbocycles. The predicted molar refractivity (Wildman–Crippen MR) is 71.3 cm³/mol. The summed E-state index contributed by atoms with van der Waals surface area (Å²) in [5.74, 6) is 0.765. The van der Waals surface area contributed by atoms with Gasteiger partial charge in [0.05, 0.1) is 6.61 Å². The number of hydrogen-bond acceptors (Lipinski definition) is 3. The van der Waals surface area contributed by atoms with Gasteiger partial charge in [-0.15, -0.1) is 0 Å². The summed E-state index contributed by atoms with van der Waals surface area (Å²) in [7, 11) is 0. The molecule has 1 fully saturated rings. The minimum absolute atomic E-state index is 0.380. The Morgan fingerprint density at radius 1 is 1.33 bits per heavy atom. The van der Waals surface area contributed by atoms with Crippen molar-refractivity contribution >= 4 is 11.8 Å². The topological polar surface area (TPSA) is 64.3 Å². The van der Waals surface area contributed by atoms with Crippen molar-refractivity contribution in [1.29, 1.82) is 0 Å². The van der Waals surface area contributed by atoms with Gasteiger partial charge in [-0.05, 0) is 30.0 Å². The largest absolute Gasteiger partial charge is 0.449 e. The molecule has 0 bridgehead atoms. The van der Waals surface area contributed by atoms with Crippen molar-refractivity contribution in [3.63, 3.8) is 0 Å². The van der Waals surface area contributed by atoms with Gasteiger partial charge in [-0.1, -0.05) is 31.4 Å². The van der Waals surface area contributed by atoms with Crippen LogP contribution in [0.2, 0.25) is 0 Å². The number of benzene rings is 1. The van der Waals surface area contributed by atoms with Gasteiger partial charge in [-0.3, -0.25) is 5.32 Å². The summed E-state index contributed by atoms with van der Waals surface area (Å²) in [6.45, 7) is 1.02. The molecule has 3 N–H and O–H groups in total. The maximum atomic E-state index is 11.5. The van der Waals surface area contributed by atoms with E-state index in [0.717, 1.165) is 23.6 Å². The monoisotopic (exact) mass is 248 g/mol. The standard InChI is InChI=1S/C14H20N2O2/c15-10-12-4-6-13(7-5-12)16-14(17)18-9-8-11-2-1-3-11/h4-7,11H,1-3,8-10,15H2,(H,16,17). The summed E-state index contributed by atoms with van der Waals surface area (Å²) >= 11 is 0. The number of hydrogen-bond donors (Lipinski definition) is 2. The van der Waals surface area contributed by atoms with Crippen LogP contribution in [0.4, 0.5) is 10.5 Å². The molecule has 0 radical (unpaired) electrons. The number of ether oxygens (including phenoxy) is 1. The Kier molecular flexibility index (Phi) is 4.59. The molecule has 2 rings (SSSR count). The number of nitrogens with one attached hydrogen (secondary N) is 1. The third-order valence-corrected chi connectivity index (χ3v) is 3.42. The lowest BCUT2D eigenvalue weighted by molar-refractivity contribution is 0.142. The number of amides is 1. The quantitative estimate of drug-likeness (QED) is 0.842. The number of rotatable bonds is 5. The van der Waals surface area contributed by atoms with E-state index in [2.05, 4.69) is 5.32 Å². The van der Waals surface area contributed by atoms with Crippen LogP contribution in [0.15, 0.2) is 24.3 Å². The Labute approximate surface area is 108 Å². The summed E-state index contributed by atoms with van der Waals surface area (Å²) < 4.78 is 5.13. The van der Waals surface area contributed by atoms with E-state index >= 15 is 0 Å². The highest BCUT2D eigenvalue weighted by atomic mass is 16.5. The smallest absolute Gasteiger partial charge is 0.411 e. The van der Waals surface area contributed by atoms with Crippen LogP contribution in [0.1, 0.15) is 31.2 Å². The minimum Gasteiger partial charge on any atom is -0.449 e. The zero-order chi connectivity index (χ0) is 12.8. The third-order valence-electron chi connectivity index (χ3n) is 3.42. The van der Waals surface area contributed by atoms with E-state index in [1.807, 2.05) is 24.3 Å². The van der Waals surface area contributed by atoms with Crippen LogP contribution < -0.4 is 11.1 Å². The second-order valence-corrected chi connectivity index (χ2v) is 4.75. The van der Waals surface area contributed by atoms with Gasteiger partial charge in [0, 0.05) is 12.2 Å². The molecular formula is C14H20N2O2. The number of nitrogens with two attached hydrogens (primary N) is 1. The maximum absolute atomic E-state index is 11.5. The highest BCUT2D eigenvalue weighted by Gasteiger charge is 2.17. The van der Waals surface area contributed by atoms with E-state index in [9.17, 15) is 4.79 Å². The molecule has 98 valence electrons. The van der Waals surface area contributed by atoms with Crippen LogP contribution in [-0.2, 0) is 11.3 Å². The first-order valence-electron chi connectivity index (χ1n) is 6.50. The van der Waals surface area contributed by atoms with Crippen LogP contribution in [-0.4, -0.2) is 12.7 Å². The SMILES string of the molecule is NCc1ccc(NC(=O)OCCC2CCC2)cc1. The molecule has 0 aliphatic heterocycles. The molecule has 18 heavy (non-hydrogen) atoms. The first kappa shape index (κ1) is 12.9. The van der Waals surface area contributed by atoms with E-state index in [0.29, 0.717) is 13.2 Å². The average molecular weight is 248 g/mol. The second-order valence-electron chi connectivity index (χ2n) is 4.75. The van der Waals surface area contributed by atoms with E-state index in [1.54, 1.807) is 0 Å². The van der Waals surface area contributed by atoms with E-state index in [-0.39, 0.29) is 6.09 Å². The Balaban J connectivity index is 1.68. The Morgan fingerprint density at radius 3 is 2.61 bits per heavy atom. The van der Waals surface area contributed by atoms with Crippen molar-refractivity contribution < 1.29 is 9.53 Å². The summed E-state index contributed by atoms with van der Waals surface area (Å²) in [4.78, 5) is 11.5. The summed E-state index contributed by atoms with van der Waals surface area (Å²) in [6, 6.07) is 7.44. The average Bonchev–Trinajstić information content (AvgIpc) is 2.33. The number of anilines is 1. The zero-order valence-electron chi connectivity index (χ0n) is 10.5. The normalized spacial score (nSPS) is 14.9. The Hall–Kier alpha value is -1.55. The van der Waals surface area contributed by atoms with Gasteiger partial charge in [0.15, 0.2) is 0 Å². The fourth-order valence-electron chi connectivity index (χ4n) is 1.98. The van der Waals surface area contributed by atoms with Gasteiger partial charge in [-0.2, -0.15) is 0 Å². The first-order valence-corrected chi connectivity index (χ1v) is 6.50. The van der Waals surface area contributed by atoms with Crippen LogP contribution >= 0.6 is 0 Å². The Bertz CT molecular complexity index is 385. The predicted octanol–water partition coefficient (Wildman–Crippen LogP) is 2.88. The fraction of sp³-hybridized carbons (Fsp3) is 0.500. The van der Waals surface area contributed by atoms with Crippen LogP contribution in [0.3, 0.4) is 0 Å². The van der Waals surface area contributed by atoms with E-state index in [1.165, 1.54) is 19.3 Å². The van der Waals surface area contributed by atoms with Crippen molar-refractivity contribution in [2.24, 2.45) is 11.7 Å². The number of carbonyl (C=O) groups excluding carboxylic acids is 1. The molecule has 0 aromatic heterocycles. The van der Waals surface area contributed by atoms with Crippen molar-refractivity contribution in [3.05, 3.63) is 29.8 Å². The van der Waals surface area contributed by atoms with Crippen LogP contribution in [0.5, 0.6) is 0 Å². The lowest BCUT2D eigenvalue weighted by Gasteiger charge is -2.24. The molecule has 1 aromatic rings. The van der Waals surface area contributed by atoms with Crippen molar-refractivity contribution in [2.45, 2.75) is 32.2 Å². The molecule has 1 aliphatic rings. The molecule has 0 spiro atoms. The lowest BCUT2D eigenvalue weighted by Crippen LogP contribution is -2.18. The first-order chi connectivity index (χ1) is 8.78. The molecule has 0 heterocycles. The fourth-order valence-corrected chi connectivity index (χ4v) is 1.98. The molecule has 0 unspecified atom stereocenters. The molecule has 1 aromatic carbocycles. The van der Waals surface area contributed by atoms with Crippen molar-refractivity contribution in [1.82, 2.24) is 0 Å². The molecule has 0 atom stereocenters. The highest BCUT2D eigenvalue weighted by Crippen LogP contribution is 2.29. The summed E-state index contributed by atoms with van der Waals surface area (Å²) in [5, 5.41) is 2.70. The minimum atomic E-state index is -0.380. The second kappa shape index (κ2) is 6.40.